The molecular weight excluding hydrogens is 326 g/mol. The van der Waals surface area contributed by atoms with Gasteiger partial charge in [0.15, 0.2) is 0 Å². The van der Waals surface area contributed by atoms with Gasteiger partial charge in [-0.15, -0.1) is 0 Å². The van der Waals surface area contributed by atoms with E-state index in [1.807, 2.05) is 24.3 Å². The molecule has 0 bridgehead atoms. The first kappa shape index (κ1) is 16.4. The van der Waals surface area contributed by atoms with Gasteiger partial charge in [0.1, 0.15) is 0 Å². The first-order valence-corrected chi connectivity index (χ1v) is 9.02. The largest absolute Gasteiger partial charge is 0.478 e. The Balaban J connectivity index is 1.77. The highest BCUT2D eigenvalue weighted by molar-refractivity contribution is 7.89. The van der Waals surface area contributed by atoms with Crippen LogP contribution in [0.3, 0.4) is 0 Å². The summed E-state index contributed by atoms with van der Waals surface area (Å²) < 4.78 is 27.9. The third-order valence-electron chi connectivity index (χ3n) is 3.96. The van der Waals surface area contributed by atoms with Crippen molar-refractivity contribution in [1.29, 1.82) is 0 Å². The molecule has 0 radical (unpaired) electrons. The molecule has 2 N–H and O–H groups in total. The standard InChI is InChI=1S/C18H17NO4S/c20-18(21)9-8-13-4-3-7-17(10-13)24(22,23)19-16-11-14-5-1-2-6-15(14)12-16/h1-10,16,19H,11-12H2,(H,20,21)/b9-8+. The van der Waals surface area contributed by atoms with E-state index in [0.29, 0.717) is 18.4 Å². The van der Waals surface area contributed by atoms with Crippen LogP contribution in [0, 0.1) is 0 Å². The minimum absolute atomic E-state index is 0.131. The molecule has 0 atom stereocenters. The molecule has 0 aromatic heterocycles. The van der Waals surface area contributed by atoms with Crippen molar-refractivity contribution in [1.82, 2.24) is 4.72 Å². The molecule has 2 aromatic rings. The van der Waals surface area contributed by atoms with Gasteiger partial charge in [-0.3, -0.25) is 0 Å². The SMILES string of the molecule is O=C(O)/C=C/c1cccc(S(=O)(=O)NC2Cc3ccccc3C2)c1. The van der Waals surface area contributed by atoms with E-state index < -0.39 is 16.0 Å². The Kier molecular flexibility index (Phi) is 4.51. The third-order valence-corrected chi connectivity index (χ3v) is 5.48. The van der Waals surface area contributed by atoms with Crippen molar-refractivity contribution in [2.45, 2.75) is 23.8 Å². The Morgan fingerprint density at radius 3 is 2.38 bits per heavy atom. The van der Waals surface area contributed by atoms with Gasteiger partial charge >= 0.3 is 5.97 Å². The van der Waals surface area contributed by atoms with Crippen molar-refractivity contribution < 1.29 is 18.3 Å². The van der Waals surface area contributed by atoms with Crippen LogP contribution in [0.1, 0.15) is 16.7 Å². The second-order valence-electron chi connectivity index (χ2n) is 5.74. The molecule has 124 valence electrons. The lowest BCUT2D eigenvalue weighted by Crippen LogP contribution is -2.35. The number of hydrogen-bond acceptors (Lipinski definition) is 3. The van der Waals surface area contributed by atoms with Gasteiger partial charge in [-0.1, -0.05) is 36.4 Å². The zero-order chi connectivity index (χ0) is 17.2. The van der Waals surface area contributed by atoms with Crippen LogP contribution < -0.4 is 4.72 Å². The van der Waals surface area contributed by atoms with Crippen LogP contribution >= 0.6 is 0 Å². The zero-order valence-electron chi connectivity index (χ0n) is 12.8. The molecule has 0 spiro atoms. The van der Waals surface area contributed by atoms with E-state index in [9.17, 15) is 13.2 Å². The van der Waals surface area contributed by atoms with Gasteiger partial charge in [0.05, 0.1) is 4.90 Å². The fourth-order valence-electron chi connectivity index (χ4n) is 2.88. The highest BCUT2D eigenvalue weighted by atomic mass is 32.2. The summed E-state index contributed by atoms with van der Waals surface area (Å²) in [7, 11) is -3.65. The zero-order valence-corrected chi connectivity index (χ0v) is 13.7. The van der Waals surface area contributed by atoms with Crippen LogP contribution in [0.4, 0.5) is 0 Å². The summed E-state index contributed by atoms with van der Waals surface area (Å²) in [5, 5.41) is 8.66. The normalized spacial score (nSPS) is 14.8. The number of carboxylic acid groups (broad SMARTS) is 1. The predicted molar refractivity (Wildman–Crippen MR) is 91.1 cm³/mol. The molecule has 0 saturated heterocycles. The van der Waals surface area contributed by atoms with E-state index >= 15 is 0 Å². The highest BCUT2D eigenvalue weighted by Crippen LogP contribution is 2.23. The van der Waals surface area contributed by atoms with Gasteiger partial charge in [0, 0.05) is 12.1 Å². The Hall–Kier alpha value is -2.44. The monoisotopic (exact) mass is 343 g/mol. The van der Waals surface area contributed by atoms with Crippen LogP contribution in [0.25, 0.3) is 6.08 Å². The molecule has 0 heterocycles. The molecule has 0 fully saturated rings. The van der Waals surface area contributed by atoms with Crippen LogP contribution in [0.15, 0.2) is 59.5 Å². The number of benzene rings is 2. The fourth-order valence-corrected chi connectivity index (χ4v) is 4.17. The number of fused-ring (bicyclic) bond motifs is 1. The predicted octanol–water partition coefficient (Wildman–Crippen LogP) is 2.23. The number of hydrogen-bond donors (Lipinski definition) is 2. The second-order valence-corrected chi connectivity index (χ2v) is 7.45. The molecule has 2 aromatic carbocycles. The van der Waals surface area contributed by atoms with E-state index in [2.05, 4.69) is 4.72 Å². The van der Waals surface area contributed by atoms with E-state index in [-0.39, 0.29) is 10.9 Å². The Morgan fingerprint density at radius 2 is 1.75 bits per heavy atom. The van der Waals surface area contributed by atoms with E-state index in [1.54, 1.807) is 12.1 Å². The molecule has 0 saturated carbocycles. The summed E-state index contributed by atoms with van der Waals surface area (Å²) in [6.45, 7) is 0. The number of carboxylic acids is 1. The van der Waals surface area contributed by atoms with Crippen LogP contribution in [0.5, 0.6) is 0 Å². The number of nitrogens with one attached hydrogen (secondary N) is 1. The smallest absolute Gasteiger partial charge is 0.328 e. The highest BCUT2D eigenvalue weighted by Gasteiger charge is 2.26. The van der Waals surface area contributed by atoms with Crippen LogP contribution in [0.2, 0.25) is 0 Å². The minimum Gasteiger partial charge on any atom is -0.478 e. The number of sulfonamides is 1. The molecule has 24 heavy (non-hydrogen) atoms. The van der Waals surface area contributed by atoms with Gasteiger partial charge in [0.25, 0.3) is 0 Å². The van der Waals surface area contributed by atoms with Crippen LogP contribution in [-0.2, 0) is 27.7 Å². The van der Waals surface area contributed by atoms with E-state index in [4.69, 9.17) is 5.11 Å². The fraction of sp³-hybridized carbons (Fsp3) is 0.167. The quantitative estimate of drug-likeness (QED) is 0.816. The molecule has 5 nitrogen and oxygen atoms in total. The lowest BCUT2D eigenvalue weighted by Gasteiger charge is -2.13. The number of rotatable bonds is 5. The van der Waals surface area contributed by atoms with Crippen molar-refractivity contribution >= 4 is 22.1 Å². The van der Waals surface area contributed by atoms with Crippen molar-refractivity contribution in [2.75, 3.05) is 0 Å². The summed E-state index contributed by atoms with van der Waals surface area (Å²) in [5.41, 5.74) is 2.86. The summed E-state index contributed by atoms with van der Waals surface area (Å²) in [5.74, 6) is -1.08. The van der Waals surface area contributed by atoms with Gasteiger partial charge in [0.2, 0.25) is 10.0 Å². The lowest BCUT2D eigenvalue weighted by atomic mass is 10.1. The molecule has 3 rings (SSSR count). The molecule has 0 aliphatic heterocycles. The van der Waals surface area contributed by atoms with Gasteiger partial charge in [-0.05, 0) is 47.7 Å². The van der Waals surface area contributed by atoms with Crippen molar-refractivity contribution in [3.05, 3.63) is 71.3 Å². The number of aliphatic carboxylic acids is 1. The summed E-state index contributed by atoms with van der Waals surface area (Å²) in [6.07, 6.45) is 3.70. The maximum absolute atomic E-state index is 12.6. The molecule has 1 aliphatic carbocycles. The average Bonchev–Trinajstić information content (AvgIpc) is 2.94. The van der Waals surface area contributed by atoms with Gasteiger partial charge in [-0.25, -0.2) is 17.9 Å². The maximum Gasteiger partial charge on any atom is 0.328 e. The van der Waals surface area contributed by atoms with E-state index in [0.717, 1.165) is 6.08 Å². The lowest BCUT2D eigenvalue weighted by molar-refractivity contribution is -0.131. The second kappa shape index (κ2) is 6.59. The molecule has 0 amide bonds. The first-order chi connectivity index (χ1) is 11.4. The minimum atomic E-state index is -3.65. The summed E-state index contributed by atoms with van der Waals surface area (Å²) in [6, 6.07) is 14.0. The Bertz CT molecular complexity index is 878. The van der Waals surface area contributed by atoms with Crippen LogP contribution in [-0.4, -0.2) is 25.5 Å². The molecule has 1 aliphatic rings. The summed E-state index contributed by atoms with van der Waals surface area (Å²) in [4.78, 5) is 10.7. The van der Waals surface area contributed by atoms with Crippen molar-refractivity contribution in [2.24, 2.45) is 0 Å². The van der Waals surface area contributed by atoms with Gasteiger partial charge in [-0.2, -0.15) is 0 Å². The third kappa shape index (κ3) is 3.72. The van der Waals surface area contributed by atoms with Gasteiger partial charge < -0.3 is 5.11 Å². The van der Waals surface area contributed by atoms with E-state index in [1.165, 1.54) is 29.3 Å². The molecular formula is C18H17NO4S. The topological polar surface area (TPSA) is 83.5 Å². The average molecular weight is 343 g/mol. The molecule has 0 unspecified atom stereocenters. The van der Waals surface area contributed by atoms with Crippen molar-refractivity contribution in [3.63, 3.8) is 0 Å². The maximum atomic E-state index is 12.6. The number of carbonyl (C=O) groups is 1. The summed E-state index contributed by atoms with van der Waals surface area (Å²) >= 11 is 0. The van der Waals surface area contributed by atoms with Crippen molar-refractivity contribution in [3.8, 4) is 0 Å². The Labute approximate surface area is 140 Å². The first-order valence-electron chi connectivity index (χ1n) is 7.54. The Morgan fingerprint density at radius 1 is 1.08 bits per heavy atom. The molecule has 6 heteroatoms.